The third kappa shape index (κ3) is 3.94. The number of aryl methyl sites for hydroxylation is 1. The topological polar surface area (TPSA) is 12.0 Å². The molecule has 2 aromatic rings. The minimum Gasteiger partial charge on any atom is -0.305 e. The molecule has 0 radical (unpaired) electrons. The molecule has 0 saturated carbocycles. The van der Waals surface area contributed by atoms with Crippen LogP contribution in [0.5, 0.6) is 0 Å². The van der Waals surface area contributed by atoms with Crippen molar-refractivity contribution < 1.29 is 0 Å². The Morgan fingerprint density at radius 2 is 1.70 bits per heavy atom. The molecule has 0 aliphatic rings. The van der Waals surface area contributed by atoms with Crippen molar-refractivity contribution in [1.29, 1.82) is 0 Å². The van der Waals surface area contributed by atoms with Gasteiger partial charge in [0.1, 0.15) is 0 Å². The van der Waals surface area contributed by atoms with Gasteiger partial charge in [-0.2, -0.15) is 0 Å². The molecule has 1 unspecified atom stereocenters. The van der Waals surface area contributed by atoms with Crippen LogP contribution < -0.4 is 5.32 Å². The van der Waals surface area contributed by atoms with Gasteiger partial charge in [-0.15, -0.1) is 11.3 Å². The summed E-state index contributed by atoms with van der Waals surface area (Å²) in [6, 6.07) is 13.8. The smallest absolute Gasteiger partial charge is 0.0305 e. The van der Waals surface area contributed by atoms with E-state index in [1.807, 2.05) is 11.3 Å². The summed E-state index contributed by atoms with van der Waals surface area (Å²) in [6.45, 7) is 12.1. The van der Waals surface area contributed by atoms with Gasteiger partial charge in [-0.25, -0.2) is 0 Å². The van der Waals surface area contributed by atoms with Crippen LogP contribution in [-0.4, -0.2) is 0 Å². The first-order chi connectivity index (χ1) is 9.36. The van der Waals surface area contributed by atoms with Crippen molar-refractivity contribution in [3.05, 3.63) is 57.3 Å². The van der Waals surface area contributed by atoms with Crippen LogP contribution in [0.25, 0.3) is 0 Å². The lowest BCUT2D eigenvalue weighted by atomic mass is 9.86. The number of hydrogen-bond donors (Lipinski definition) is 1. The standard InChI is InChI=1S/C18H25NS/c1-13-6-11-17(20-13)12-19-14(2)15-7-9-16(10-8-15)18(3,4)5/h6-11,14,19H,12H2,1-5H3. The average molecular weight is 287 g/mol. The van der Waals surface area contributed by atoms with Crippen LogP contribution in [0.1, 0.15) is 54.6 Å². The first kappa shape index (κ1) is 15.3. The van der Waals surface area contributed by atoms with Crippen molar-refractivity contribution in [3.63, 3.8) is 0 Å². The molecule has 0 amide bonds. The molecule has 2 rings (SSSR count). The lowest BCUT2D eigenvalue weighted by Gasteiger charge is -2.20. The zero-order valence-corrected chi connectivity index (χ0v) is 14.0. The van der Waals surface area contributed by atoms with Gasteiger partial charge in [-0.3, -0.25) is 0 Å². The Labute approximate surface area is 127 Å². The van der Waals surface area contributed by atoms with Gasteiger partial charge >= 0.3 is 0 Å². The summed E-state index contributed by atoms with van der Waals surface area (Å²) in [5, 5.41) is 3.60. The Morgan fingerprint density at radius 3 is 2.20 bits per heavy atom. The van der Waals surface area contributed by atoms with Crippen molar-refractivity contribution >= 4 is 11.3 Å². The van der Waals surface area contributed by atoms with Gasteiger partial charge in [0.15, 0.2) is 0 Å². The van der Waals surface area contributed by atoms with Crippen LogP contribution in [0.15, 0.2) is 36.4 Å². The number of benzene rings is 1. The van der Waals surface area contributed by atoms with E-state index in [2.05, 4.69) is 76.3 Å². The summed E-state index contributed by atoms with van der Waals surface area (Å²) in [4.78, 5) is 2.78. The lowest BCUT2D eigenvalue weighted by Crippen LogP contribution is -2.18. The normalized spacial score (nSPS) is 13.4. The number of nitrogens with one attached hydrogen (secondary N) is 1. The van der Waals surface area contributed by atoms with E-state index < -0.39 is 0 Å². The minimum atomic E-state index is 0.226. The molecule has 1 aromatic heterocycles. The van der Waals surface area contributed by atoms with Crippen molar-refractivity contribution in [3.8, 4) is 0 Å². The summed E-state index contributed by atoms with van der Waals surface area (Å²) in [5.41, 5.74) is 2.97. The summed E-state index contributed by atoms with van der Waals surface area (Å²) in [7, 11) is 0. The molecular formula is C18H25NS. The van der Waals surface area contributed by atoms with Crippen molar-refractivity contribution in [2.24, 2.45) is 0 Å². The highest BCUT2D eigenvalue weighted by Crippen LogP contribution is 2.24. The number of hydrogen-bond acceptors (Lipinski definition) is 2. The first-order valence-corrected chi connectivity index (χ1v) is 8.07. The van der Waals surface area contributed by atoms with E-state index in [1.54, 1.807) is 0 Å². The van der Waals surface area contributed by atoms with E-state index in [0.29, 0.717) is 6.04 Å². The molecule has 0 aliphatic heterocycles. The third-order valence-corrected chi connectivity index (χ3v) is 4.66. The van der Waals surface area contributed by atoms with E-state index in [-0.39, 0.29) is 5.41 Å². The van der Waals surface area contributed by atoms with Crippen LogP contribution in [0.2, 0.25) is 0 Å². The Balaban J connectivity index is 1.97. The van der Waals surface area contributed by atoms with E-state index in [9.17, 15) is 0 Å². The van der Waals surface area contributed by atoms with E-state index in [4.69, 9.17) is 0 Å². The second kappa shape index (κ2) is 6.11. The molecule has 20 heavy (non-hydrogen) atoms. The zero-order valence-electron chi connectivity index (χ0n) is 13.2. The molecule has 1 nitrogen and oxygen atoms in total. The highest BCUT2D eigenvalue weighted by Gasteiger charge is 2.14. The predicted octanol–water partition coefficient (Wildman–Crippen LogP) is 5.20. The lowest BCUT2D eigenvalue weighted by molar-refractivity contribution is 0.572. The largest absolute Gasteiger partial charge is 0.305 e. The molecule has 2 heteroatoms. The third-order valence-electron chi connectivity index (χ3n) is 3.66. The molecular weight excluding hydrogens is 262 g/mol. The van der Waals surface area contributed by atoms with Gasteiger partial charge in [-0.1, -0.05) is 45.0 Å². The zero-order chi connectivity index (χ0) is 14.8. The Kier molecular flexibility index (Phi) is 4.66. The van der Waals surface area contributed by atoms with Crippen molar-refractivity contribution in [1.82, 2.24) is 5.32 Å². The molecule has 0 spiro atoms. The predicted molar refractivity (Wildman–Crippen MR) is 89.5 cm³/mol. The average Bonchev–Trinajstić information content (AvgIpc) is 2.81. The number of rotatable bonds is 4. The van der Waals surface area contributed by atoms with E-state index in [0.717, 1.165) is 6.54 Å². The first-order valence-electron chi connectivity index (χ1n) is 7.25. The Hall–Kier alpha value is -1.12. The summed E-state index contributed by atoms with van der Waals surface area (Å²) >= 11 is 1.87. The fourth-order valence-electron chi connectivity index (χ4n) is 2.22. The maximum Gasteiger partial charge on any atom is 0.0305 e. The molecule has 0 fully saturated rings. The highest BCUT2D eigenvalue weighted by molar-refractivity contribution is 7.11. The highest BCUT2D eigenvalue weighted by atomic mass is 32.1. The maximum atomic E-state index is 3.60. The SMILES string of the molecule is Cc1ccc(CNC(C)c2ccc(C(C)(C)C)cc2)s1. The monoisotopic (exact) mass is 287 g/mol. The van der Waals surface area contributed by atoms with Crippen LogP contribution in [0, 0.1) is 6.92 Å². The molecule has 108 valence electrons. The van der Waals surface area contributed by atoms with Crippen LogP contribution in [0.3, 0.4) is 0 Å². The molecule has 1 atom stereocenters. The van der Waals surface area contributed by atoms with Gasteiger partial charge in [0.05, 0.1) is 0 Å². The molecule has 0 saturated heterocycles. The number of thiophene rings is 1. The van der Waals surface area contributed by atoms with Gasteiger partial charge in [-0.05, 0) is 42.5 Å². The summed E-state index contributed by atoms with van der Waals surface area (Å²) in [6.07, 6.45) is 0. The maximum absolute atomic E-state index is 3.60. The van der Waals surface area contributed by atoms with Crippen LogP contribution in [-0.2, 0) is 12.0 Å². The van der Waals surface area contributed by atoms with E-state index >= 15 is 0 Å². The van der Waals surface area contributed by atoms with Gasteiger partial charge in [0, 0.05) is 22.3 Å². The van der Waals surface area contributed by atoms with Crippen LogP contribution in [0.4, 0.5) is 0 Å². The molecule has 1 aromatic carbocycles. The fourth-order valence-corrected chi connectivity index (χ4v) is 3.06. The van der Waals surface area contributed by atoms with Crippen molar-refractivity contribution in [2.45, 2.75) is 52.6 Å². The summed E-state index contributed by atoms with van der Waals surface area (Å²) in [5.74, 6) is 0. The summed E-state index contributed by atoms with van der Waals surface area (Å²) < 4.78 is 0. The molecule has 0 bridgehead atoms. The second-order valence-corrected chi connectivity index (χ2v) is 7.86. The van der Waals surface area contributed by atoms with Crippen LogP contribution >= 0.6 is 11.3 Å². The van der Waals surface area contributed by atoms with Crippen molar-refractivity contribution in [2.75, 3.05) is 0 Å². The molecule has 1 heterocycles. The Bertz CT molecular complexity index is 546. The Morgan fingerprint density at radius 1 is 1.05 bits per heavy atom. The van der Waals surface area contributed by atoms with Gasteiger partial charge in [0.25, 0.3) is 0 Å². The molecule has 1 N–H and O–H groups in total. The van der Waals surface area contributed by atoms with Gasteiger partial charge in [0.2, 0.25) is 0 Å². The van der Waals surface area contributed by atoms with E-state index in [1.165, 1.54) is 20.9 Å². The quantitative estimate of drug-likeness (QED) is 0.814. The minimum absolute atomic E-state index is 0.226. The molecule has 0 aliphatic carbocycles. The fraction of sp³-hybridized carbons (Fsp3) is 0.444. The van der Waals surface area contributed by atoms with Gasteiger partial charge < -0.3 is 5.32 Å². The second-order valence-electron chi connectivity index (χ2n) is 6.49.